The Morgan fingerprint density at radius 1 is 1.40 bits per heavy atom. The van der Waals surface area contributed by atoms with Crippen molar-refractivity contribution in [1.82, 2.24) is 4.72 Å². The van der Waals surface area contributed by atoms with Crippen LogP contribution in [0.25, 0.3) is 0 Å². The van der Waals surface area contributed by atoms with Crippen LogP contribution in [-0.4, -0.2) is 26.2 Å². The Balaban J connectivity index is 3.08. The van der Waals surface area contributed by atoms with Crippen molar-refractivity contribution in [2.45, 2.75) is 38.1 Å². The van der Waals surface area contributed by atoms with Gasteiger partial charge in [-0.15, -0.1) is 0 Å². The van der Waals surface area contributed by atoms with E-state index in [0.717, 1.165) is 12.1 Å². The van der Waals surface area contributed by atoms with Crippen LogP contribution in [0.1, 0.15) is 25.8 Å². The highest BCUT2D eigenvalue weighted by Crippen LogP contribution is 2.22. The van der Waals surface area contributed by atoms with Crippen LogP contribution in [0, 0.1) is 18.7 Å². The minimum Gasteiger partial charge on any atom is -0.396 e. The average Bonchev–Trinajstić information content (AvgIpc) is 2.31. The first kappa shape index (κ1) is 16.9. The molecule has 1 rings (SSSR count). The normalized spacial score (nSPS) is 13.7. The van der Waals surface area contributed by atoms with Gasteiger partial charge in [0.2, 0.25) is 10.0 Å². The summed E-state index contributed by atoms with van der Waals surface area (Å²) in [6, 6.07) is 1.60. The number of halogens is 1. The maximum Gasteiger partial charge on any atom is 0.241 e. The van der Waals surface area contributed by atoms with Gasteiger partial charge in [-0.25, -0.2) is 17.5 Å². The lowest BCUT2D eigenvalue weighted by atomic mass is 10.1. The molecular formula is C13H21FN2O3S. The first-order valence-electron chi connectivity index (χ1n) is 6.36. The molecular weight excluding hydrogens is 283 g/mol. The van der Waals surface area contributed by atoms with Gasteiger partial charge < -0.3 is 10.8 Å². The van der Waals surface area contributed by atoms with Gasteiger partial charge in [0.1, 0.15) is 5.82 Å². The number of hydrogen-bond acceptors (Lipinski definition) is 4. The third-order valence-electron chi connectivity index (χ3n) is 2.88. The Labute approximate surface area is 119 Å². The molecule has 20 heavy (non-hydrogen) atoms. The summed E-state index contributed by atoms with van der Waals surface area (Å²) in [5.41, 5.74) is 5.46. The largest absolute Gasteiger partial charge is 0.396 e. The van der Waals surface area contributed by atoms with Crippen molar-refractivity contribution in [3.05, 3.63) is 23.5 Å². The van der Waals surface area contributed by atoms with E-state index in [2.05, 4.69) is 4.72 Å². The molecule has 0 heterocycles. The van der Waals surface area contributed by atoms with Crippen LogP contribution in [0.4, 0.5) is 10.1 Å². The van der Waals surface area contributed by atoms with E-state index >= 15 is 0 Å². The molecule has 5 nitrogen and oxygen atoms in total. The number of aryl methyl sites for hydroxylation is 1. The quantitative estimate of drug-likeness (QED) is 0.693. The van der Waals surface area contributed by atoms with Crippen LogP contribution in [0.3, 0.4) is 0 Å². The standard InChI is InChI=1S/C13H21FN2O3S/c1-8(2)4-10(7-17)16-20(18,19)13-6-12(15)11(14)5-9(13)3/h5-6,8,10,16-17H,4,7,15H2,1-3H3. The van der Waals surface area contributed by atoms with E-state index in [9.17, 15) is 17.9 Å². The number of sulfonamides is 1. The molecule has 0 aliphatic rings. The molecule has 0 spiro atoms. The third kappa shape index (κ3) is 4.16. The number of aliphatic hydroxyl groups excluding tert-OH is 1. The molecule has 0 aromatic heterocycles. The number of rotatable bonds is 6. The van der Waals surface area contributed by atoms with Gasteiger partial charge >= 0.3 is 0 Å². The van der Waals surface area contributed by atoms with Crippen molar-refractivity contribution in [2.24, 2.45) is 5.92 Å². The second kappa shape index (κ2) is 6.51. The van der Waals surface area contributed by atoms with E-state index in [1.807, 2.05) is 13.8 Å². The smallest absolute Gasteiger partial charge is 0.241 e. The predicted molar refractivity (Wildman–Crippen MR) is 76.2 cm³/mol. The van der Waals surface area contributed by atoms with E-state index in [1.165, 1.54) is 6.92 Å². The molecule has 0 aliphatic carbocycles. The number of nitrogens with two attached hydrogens (primary N) is 1. The van der Waals surface area contributed by atoms with Gasteiger partial charge in [0.05, 0.1) is 17.2 Å². The molecule has 1 unspecified atom stereocenters. The van der Waals surface area contributed by atoms with Crippen molar-refractivity contribution in [1.29, 1.82) is 0 Å². The van der Waals surface area contributed by atoms with Crippen LogP contribution in [-0.2, 0) is 10.0 Å². The summed E-state index contributed by atoms with van der Waals surface area (Å²) in [4.78, 5) is -0.0707. The van der Waals surface area contributed by atoms with Gasteiger partial charge in [-0.2, -0.15) is 0 Å². The third-order valence-corrected chi connectivity index (χ3v) is 4.54. The highest BCUT2D eigenvalue weighted by atomic mass is 32.2. The molecule has 0 aliphatic heterocycles. The van der Waals surface area contributed by atoms with E-state index < -0.39 is 21.9 Å². The summed E-state index contributed by atoms with van der Waals surface area (Å²) in [6.07, 6.45) is 0.505. The topological polar surface area (TPSA) is 92.4 Å². The Morgan fingerprint density at radius 3 is 2.50 bits per heavy atom. The van der Waals surface area contributed by atoms with Crippen LogP contribution >= 0.6 is 0 Å². The summed E-state index contributed by atoms with van der Waals surface area (Å²) in [6.45, 7) is 5.05. The fourth-order valence-corrected chi connectivity index (χ4v) is 3.47. The molecule has 1 aromatic rings. The molecule has 0 fully saturated rings. The van der Waals surface area contributed by atoms with Crippen molar-refractivity contribution < 1.29 is 17.9 Å². The molecule has 0 amide bonds. The number of anilines is 1. The molecule has 114 valence electrons. The molecule has 7 heteroatoms. The molecule has 0 saturated heterocycles. The van der Waals surface area contributed by atoms with Gasteiger partial charge in [0.15, 0.2) is 0 Å². The maximum absolute atomic E-state index is 13.3. The lowest BCUT2D eigenvalue weighted by Crippen LogP contribution is -2.38. The van der Waals surface area contributed by atoms with Gasteiger partial charge in [0.25, 0.3) is 0 Å². The van der Waals surface area contributed by atoms with Gasteiger partial charge in [-0.1, -0.05) is 13.8 Å². The molecule has 0 bridgehead atoms. The number of hydrogen-bond donors (Lipinski definition) is 3. The van der Waals surface area contributed by atoms with Gasteiger partial charge in [-0.3, -0.25) is 0 Å². The number of nitrogen functional groups attached to an aromatic ring is 1. The molecule has 0 radical (unpaired) electrons. The van der Waals surface area contributed by atoms with Crippen molar-refractivity contribution in [3.8, 4) is 0 Å². The lowest BCUT2D eigenvalue weighted by Gasteiger charge is -2.19. The molecule has 0 saturated carbocycles. The Bertz CT molecular complexity index is 573. The first-order valence-corrected chi connectivity index (χ1v) is 7.84. The number of nitrogens with one attached hydrogen (secondary N) is 1. The van der Waals surface area contributed by atoms with Gasteiger partial charge in [-0.05, 0) is 37.0 Å². The van der Waals surface area contributed by atoms with E-state index in [-0.39, 0.29) is 28.7 Å². The summed E-state index contributed by atoms with van der Waals surface area (Å²) in [5, 5.41) is 9.24. The molecule has 4 N–H and O–H groups in total. The summed E-state index contributed by atoms with van der Waals surface area (Å²) in [5.74, 6) is -0.420. The Kier molecular flexibility index (Phi) is 5.50. The minimum absolute atomic E-state index is 0.0707. The monoisotopic (exact) mass is 304 g/mol. The zero-order chi connectivity index (χ0) is 15.5. The lowest BCUT2D eigenvalue weighted by molar-refractivity contribution is 0.240. The molecule has 1 aromatic carbocycles. The van der Waals surface area contributed by atoms with Gasteiger partial charge in [0, 0.05) is 6.04 Å². The highest BCUT2D eigenvalue weighted by molar-refractivity contribution is 7.89. The fraction of sp³-hybridized carbons (Fsp3) is 0.538. The van der Waals surface area contributed by atoms with Crippen LogP contribution < -0.4 is 10.5 Å². The van der Waals surface area contributed by atoms with E-state index in [1.54, 1.807) is 0 Å². The zero-order valence-electron chi connectivity index (χ0n) is 11.9. The maximum atomic E-state index is 13.3. The second-order valence-corrected chi connectivity index (χ2v) is 6.95. The van der Waals surface area contributed by atoms with Crippen LogP contribution in [0.15, 0.2) is 17.0 Å². The minimum atomic E-state index is -3.84. The van der Waals surface area contributed by atoms with Crippen LogP contribution in [0.5, 0.6) is 0 Å². The summed E-state index contributed by atoms with van der Waals surface area (Å²) >= 11 is 0. The SMILES string of the molecule is Cc1cc(F)c(N)cc1S(=O)(=O)NC(CO)CC(C)C. The van der Waals surface area contributed by atoms with Crippen molar-refractivity contribution >= 4 is 15.7 Å². The highest BCUT2D eigenvalue weighted by Gasteiger charge is 2.23. The predicted octanol–water partition coefficient (Wildman–Crippen LogP) is 1.40. The average molecular weight is 304 g/mol. The second-order valence-electron chi connectivity index (χ2n) is 5.27. The Hall–Kier alpha value is -1.18. The number of benzene rings is 1. The fourth-order valence-electron chi connectivity index (χ4n) is 1.97. The van der Waals surface area contributed by atoms with Crippen molar-refractivity contribution in [3.63, 3.8) is 0 Å². The van der Waals surface area contributed by atoms with E-state index in [4.69, 9.17) is 5.73 Å². The first-order chi connectivity index (χ1) is 9.17. The Morgan fingerprint density at radius 2 is 2.00 bits per heavy atom. The summed E-state index contributed by atoms with van der Waals surface area (Å²) in [7, 11) is -3.84. The van der Waals surface area contributed by atoms with Crippen LogP contribution in [0.2, 0.25) is 0 Å². The van der Waals surface area contributed by atoms with Crippen molar-refractivity contribution in [2.75, 3.05) is 12.3 Å². The molecule has 1 atom stereocenters. The zero-order valence-corrected chi connectivity index (χ0v) is 12.7. The van der Waals surface area contributed by atoms with E-state index in [0.29, 0.717) is 6.42 Å². The summed E-state index contributed by atoms with van der Waals surface area (Å²) < 4.78 is 40.2. The number of aliphatic hydroxyl groups is 1.